The highest BCUT2D eigenvalue weighted by molar-refractivity contribution is 5.87. The van der Waals surface area contributed by atoms with Gasteiger partial charge in [0, 0.05) is 0 Å². The number of rotatable bonds is 14. The molecule has 0 aromatic carbocycles. The highest BCUT2D eigenvalue weighted by Crippen LogP contribution is 1.94. The second-order valence-corrected chi connectivity index (χ2v) is 4.20. The molecule has 0 spiro atoms. The van der Waals surface area contributed by atoms with Crippen molar-refractivity contribution in [3.63, 3.8) is 0 Å². The lowest BCUT2D eigenvalue weighted by atomic mass is 10.4. The Kier molecular flexibility index (Phi) is 12.7. The Hall–Kier alpha value is -2.49. The van der Waals surface area contributed by atoms with Gasteiger partial charge in [0.05, 0.1) is 13.2 Å². The molecule has 0 heterocycles. The molecule has 0 radical (unpaired) electrons. The van der Waals surface area contributed by atoms with Crippen molar-refractivity contribution in [1.29, 1.82) is 0 Å². The minimum atomic E-state index is -0.531. The Morgan fingerprint density at radius 1 is 0.750 bits per heavy atom. The van der Waals surface area contributed by atoms with E-state index >= 15 is 0 Å². The Labute approximate surface area is 140 Å². The Morgan fingerprint density at radius 3 is 1.50 bits per heavy atom. The summed E-state index contributed by atoms with van der Waals surface area (Å²) in [5.74, 6) is -1.12. The lowest BCUT2D eigenvalue weighted by molar-refractivity contribution is -0.124. The molecule has 0 aromatic rings. The topological polar surface area (TPSA) is 115 Å². The van der Waals surface area contributed by atoms with Gasteiger partial charge in [-0.05, 0) is 18.2 Å². The normalized spacial score (nSPS) is 9.88. The zero-order valence-corrected chi connectivity index (χ0v) is 13.4. The number of nitrogens with one attached hydrogen (secondary N) is 3. The molecular weight excluding hydrogens is 318 g/mol. The van der Waals surface area contributed by atoms with Crippen molar-refractivity contribution in [3.05, 3.63) is 38.0 Å². The van der Waals surface area contributed by atoms with Gasteiger partial charge in [0.2, 0.25) is 17.7 Å². The van der Waals surface area contributed by atoms with Gasteiger partial charge < -0.3 is 30.2 Å². The fourth-order valence-corrected chi connectivity index (χ4v) is 1.22. The second kappa shape index (κ2) is 14.1. The zero-order chi connectivity index (χ0) is 18.2. The Morgan fingerprint density at radius 2 is 1.12 bits per heavy atom. The minimum Gasteiger partial charge on any atom is -0.358 e. The van der Waals surface area contributed by atoms with Crippen molar-refractivity contribution in [2.75, 3.05) is 33.4 Å². The first-order valence-electron chi connectivity index (χ1n) is 7.01. The van der Waals surface area contributed by atoms with Gasteiger partial charge in [-0.1, -0.05) is 19.7 Å². The van der Waals surface area contributed by atoms with Crippen LogP contribution in [0.15, 0.2) is 38.0 Å². The van der Waals surface area contributed by atoms with Crippen LogP contribution in [0.25, 0.3) is 0 Å². The van der Waals surface area contributed by atoms with Crippen LogP contribution < -0.4 is 16.0 Å². The molecule has 3 amide bonds. The number of carbonyl (C=O) groups is 3. The Bertz CT molecular complexity index is 424. The standard InChI is InChI=1S/C15H23N3O6/c1-4-13(19)16-9-22-7-12(24-11-18-15(21)6-3)8-23-10-17-14(20)5-2/h4-6,12H,1-3,7-11H2,(H,16,19)(H,17,20)(H,18,21). The maximum atomic E-state index is 11.0. The molecule has 0 aliphatic rings. The van der Waals surface area contributed by atoms with E-state index in [2.05, 4.69) is 35.7 Å². The highest BCUT2D eigenvalue weighted by Gasteiger charge is 2.11. The van der Waals surface area contributed by atoms with Crippen LogP contribution in [-0.2, 0) is 28.6 Å². The number of amides is 3. The smallest absolute Gasteiger partial charge is 0.245 e. The summed E-state index contributed by atoms with van der Waals surface area (Å²) >= 11 is 0. The van der Waals surface area contributed by atoms with E-state index in [1.165, 1.54) is 0 Å². The molecule has 9 heteroatoms. The number of hydrogen-bond donors (Lipinski definition) is 3. The summed E-state index contributed by atoms with van der Waals surface area (Å²) < 4.78 is 15.8. The van der Waals surface area contributed by atoms with Crippen LogP contribution in [-0.4, -0.2) is 57.2 Å². The molecule has 3 N–H and O–H groups in total. The summed E-state index contributed by atoms with van der Waals surface area (Å²) in [6, 6.07) is 0. The van der Waals surface area contributed by atoms with E-state index in [0.29, 0.717) is 0 Å². The average Bonchev–Trinajstić information content (AvgIpc) is 2.60. The average molecular weight is 341 g/mol. The van der Waals surface area contributed by atoms with Gasteiger partial charge in [-0.2, -0.15) is 0 Å². The molecule has 0 fully saturated rings. The summed E-state index contributed by atoms with van der Waals surface area (Å²) in [5, 5.41) is 7.31. The van der Waals surface area contributed by atoms with E-state index < -0.39 is 6.10 Å². The second-order valence-electron chi connectivity index (χ2n) is 4.20. The van der Waals surface area contributed by atoms with Gasteiger partial charge in [-0.3, -0.25) is 14.4 Å². The summed E-state index contributed by atoms with van der Waals surface area (Å²) in [6.45, 7) is 9.99. The van der Waals surface area contributed by atoms with Crippen LogP contribution in [0.5, 0.6) is 0 Å². The lowest BCUT2D eigenvalue weighted by Crippen LogP contribution is -2.35. The van der Waals surface area contributed by atoms with E-state index in [-0.39, 0.29) is 51.1 Å². The van der Waals surface area contributed by atoms with Crippen molar-refractivity contribution in [3.8, 4) is 0 Å². The molecule has 0 aromatic heterocycles. The van der Waals surface area contributed by atoms with Crippen LogP contribution in [0.1, 0.15) is 0 Å². The van der Waals surface area contributed by atoms with Crippen LogP contribution in [0.2, 0.25) is 0 Å². The summed E-state index contributed by atoms with van der Waals surface area (Å²) in [4.78, 5) is 33.0. The molecule has 134 valence electrons. The monoisotopic (exact) mass is 341 g/mol. The molecular formula is C15H23N3O6. The lowest BCUT2D eigenvalue weighted by Gasteiger charge is -2.18. The molecule has 9 nitrogen and oxygen atoms in total. The van der Waals surface area contributed by atoms with Gasteiger partial charge in [0.15, 0.2) is 0 Å². The minimum absolute atomic E-state index is 0.0308. The molecule has 0 saturated carbocycles. The van der Waals surface area contributed by atoms with E-state index in [1.54, 1.807) is 0 Å². The number of hydrogen-bond acceptors (Lipinski definition) is 6. The fourth-order valence-electron chi connectivity index (χ4n) is 1.22. The molecule has 0 aliphatic heterocycles. The van der Waals surface area contributed by atoms with Crippen LogP contribution in [0.4, 0.5) is 0 Å². The third-order valence-electron chi connectivity index (χ3n) is 2.43. The van der Waals surface area contributed by atoms with Crippen molar-refractivity contribution >= 4 is 17.7 Å². The molecule has 0 aliphatic carbocycles. The van der Waals surface area contributed by atoms with E-state index in [0.717, 1.165) is 18.2 Å². The fraction of sp³-hybridized carbons (Fsp3) is 0.400. The first-order valence-corrected chi connectivity index (χ1v) is 7.01. The van der Waals surface area contributed by atoms with Gasteiger partial charge >= 0.3 is 0 Å². The first kappa shape index (κ1) is 21.5. The number of carbonyl (C=O) groups excluding carboxylic acids is 3. The Balaban J connectivity index is 4.11. The van der Waals surface area contributed by atoms with Crippen molar-refractivity contribution in [1.82, 2.24) is 16.0 Å². The quantitative estimate of drug-likeness (QED) is 0.216. The molecule has 24 heavy (non-hydrogen) atoms. The van der Waals surface area contributed by atoms with Crippen molar-refractivity contribution < 1.29 is 28.6 Å². The number of ether oxygens (including phenoxy) is 3. The summed E-state index contributed by atoms with van der Waals surface area (Å²) in [5.41, 5.74) is 0. The predicted octanol–water partition coefficient (Wildman–Crippen LogP) is -0.816. The molecule has 0 rings (SSSR count). The SMILES string of the molecule is C=CC(=O)NCOCC(COCNC(=O)C=C)OCNC(=O)C=C. The zero-order valence-electron chi connectivity index (χ0n) is 13.4. The molecule has 0 atom stereocenters. The van der Waals surface area contributed by atoms with Crippen LogP contribution >= 0.6 is 0 Å². The van der Waals surface area contributed by atoms with Gasteiger partial charge in [0.1, 0.15) is 26.3 Å². The summed E-state index contributed by atoms with van der Waals surface area (Å²) in [6.07, 6.45) is 2.82. The predicted molar refractivity (Wildman–Crippen MR) is 86.4 cm³/mol. The van der Waals surface area contributed by atoms with Gasteiger partial charge in [-0.15, -0.1) is 0 Å². The molecule has 0 unspecified atom stereocenters. The highest BCUT2D eigenvalue weighted by atomic mass is 16.6. The van der Waals surface area contributed by atoms with E-state index in [1.807, 2.05) is 0 Å². The van der Waals surface area contributed by atoms with Crippen LogP contribution in [0, 0.1) is 0 Å². The maximum Gasteiger partial charge on any atom is 0.245 e. The van der Waals surface area contributed by atoms with E-state index in [4.69, 9.17) is 14.2 Å². The third-order valence-corrected chi connectivity index (χ3v) is 2.43. The van der Waals surface area contributed by atoms with Crippen LogP contribution in [0.3, 0.4) is 0 Å². The van der Waals surface area contributed by atoms with Crippen molar-refractivity contribution in [2.45, 2.75) is 6.10 Å². The summed E-state index contributed by atoms with van der Waals surface area (Å²) in [7, 11) is 0. The van der Waals surface area contributed by atoms with Crippen molar-refractivity contribution in [2.24, 2.45) is 0 Å². The third kappa shape index (κ3) is 12.1. The van der Waals surface area contributed by atoms with Gasteiger partial charge in [0.25, 0.3) is 0 Å². The molecule has 0 bridgehead atoms. The van der Waals surface area contributed by atoms with Gasteiger partial charge in [-0.25, -0.2) is 0 Å². The largest absolute Gasteiger partial charge is 0.358 e. The first-order chi connectivity index (χ1) is 11.5. The molecule has 0 saturated heterocycles. The van der Waals surface area contributed by atoms with E-state index in [9.17, 15) is 14.4 Å². The maximum absolute atomic E-state index is 11.0.